The predicted octanol–water partition coefficient (Wildman–Crippen LogP) is 16.5. The first-order valence-corrected chi connectivity index (χ1v) is 27.2. The van der Waals surface area contributed by atoms with E-state index < -0.39 is 12.1 Å². The number of amides is 1. The summed E-state index contributed by atoms with van der Waals surface area (Å²) in [6, 6.07) is -0.586. The molecule has 0 aromatic carbocycles. The van der Waals surface area contributed by atoms with Crippen molar-refractivity contribution in [1.82, 2.24) is 5.32 Å². The van der Waals surface area contributed by atoms with Crippen LogP contribution in [0.1, 0.15) is 284 Å². The first-order valence-electron chi connectivity index (χ1n) is 27.2. The van der Waals surface area contributed by atoms with Crippen LogP contribution in [0.3, 0.4) is 0 Å². The quantitative estimate of drug-likeness (QED) is 0.0321. The van der Waals surface area contributed by atoms with Gasteiger partial charge in [-0.3, -0.25) is 9.59 Å². The van der Waals surface area contributed by atoms with Crippen LogP contribution in [-0.2, 0) is 14.3 Å². The molecule has 364 valence electrons. The molecular formula is C56H105NO5. The summed E-state index contributed by atoms with van der Waals surface area (Å²) in [5, 5.41) is 23.2. The van der Waals surface area contributed by atoms with Crippen molar-refractivity contribution in [2.24, 2.45) is 0 Å². The minimum Gasteiger partial charge on any atom is -0.466 e. The standard InChI is InChI=1S/C56H105NO5/c1-3-5-7-9-11-13-15-16-17-18-19-20-21-22-23-25-29-32-36-40-44-48-54(59)53(52-58)57-55(60)49-45-41-37-33-30-26-24-27-31-35-39-43-47-51-62-56(61)50-46-42-38-34-28-14-12-10-8-6-4-2/h10,12,26,30,37,41,53-54,58-59H,3-9,11,13-25,27-29,31-36,38-40,42-52H2,1-2H3,(H,57,60)/b12-10-,30-26-,41-37-. The van der Waals surface area contributed by atoms with Gasteiger partial charge in [0.05, 0.1) is 25.4 Å². The third-order valence-corrected chi connectivity index (χ3v) is 12.4. The van der Waals surface area contributed by atoms with Crippen molar-refractivity contribution in [3.8, 4) is 0 Å². The molecule has 6 heteroatoms. The Hall–Kier alpha value is -1.92. The number of unbranched alkanes of at least 4 members (excludes halogenated alkanes) is 33. The van der Waals surface area contributed by atoms with Gasteiger partial charge in [-0.2, -0.15) is 0 Å². The zero-order valence-electron chi connectivity index (χ0n) is 41.4. The van der Waals surface area contributed by atoms with E-state index in [0.717, 1.165) is 51.4 Å². The van der Waals surface area contributed by atoms with Crippen molar-refractivity contribution in [3.05, 3.63) is 36.5 Å². The molecule has 0 aliphatic heterocycles. The molecule has 0 aromatic heterocycles. The summed E-state index contributed by atoms with van der Waals surface area (Å²) in [7, 11) is 0. The van der Waals surface area contributed by atoms with Crippen molar-refractivity contribution in [1.29, 1.82) is 0 Å². The number of carbonyl (C=O) groups is 2. The largest absolute Gasteiger partial charge is 0.466 e. The van der Waals surface area contributed by atoms with Gasteiger partial charge in [-0.25, -0.2) is 0 Å². The number of hydrogen-bond acceptors (Lipinski definition) is 5. The Morgan fingerprint density at radius 1 is 0.452 bits per heavy atom. The summed E-state index contributed by atoms with van der Waals surface area (Å²) in [5.74, 6) is -0.143. The molecule has 0 rings (SSSR count). The van der Waals surface area contributed by atoms with Crippen molar-refractivity contribution in [2.75, 3.05) is 13.2 Å². The van der Waals surface area contributed by atoms with Gasteiger partial charge in [0, 0.05) is 12.8 Å². The maximum absolute atomic E-state index is 12.4. The van der Waals surface area contributed by atoms with Gasteiger partial charge in [-0.1, -0.05) is 243 Å². The van der Waals surface area contributed by atoms with Crippen molar-refractivity contribution < 1.29 is 24.5 Å². The van der Waals surface area contributed by atoms with Crippen LogP contribution in [0.4, 0.5) is 0 Å². The Kier molecular flexibility index (Phi) is 50.1. The Balaban J connectivity index is 3.55. The van der Waals surface area contributed by atoms with Crippen LogP contribution in [0.15, 0.2) is 36.5 Å². The number of esters is 1. The number of hydrogen-bond donors (Lipinski definition) is 3. The van der Waals surface area contributed by atoms with Crippen LogP contribution in [0.5, 0.6) is 0 Å². The van der Waals surface area contributed by atoms with E-state index >= 15 is 0 Å². The second-order valence-electron chi connectivity index (χ2n) is 18.6. The minimum atomic E-state index is -0.700. The topological polar surface area (TPSA) is 95.9 Å². The van der Waals surface area contributed by atoms with Crippen LogP contribution in [-0.4, -0.2) is 47.4 Å². The van der Waals surface area contributed by atoms with Crippen LogP contribution < -0.4 is 5.32 Å². The Bertz CT molecular complexity index is 1010. The van der Waals surface area contributed by atoms with Crippen molar-refractivity contribution >= 4 is 11.9 Å². The zero-order valence-corrected chi connectivity index (χ0v) is 41.4. The van der Waals surface area contributed by atoms with Crippen molar-refractivity contribution in [3.63, 3.8) is 0 Å². The number of allylic oxidation sites excluding steroid dienone is 6. The normalized spacial score (nSPS) is 12.9. The molecule has 0 saturated heterocycles. The fraction of sp³-hybridized carbons (Fsp3) is 0.857. The lowest BCUT2D eigenvalue weighted by atomic mass is 10.0. The lowest BCUT2D eigenvalue weighted by Crippen LogP contribution is -2.45. The van der Waals surface area contributed by atoms with Gasteiger partial charge in [-0.15, -0.1) is 0 Å². The average molecular weight is 872 g/mol. The molecule has 0 aliphatic rings. The van der Waals surface area contributed by atoms with Crippen LogP contribution in [0.25, 0.3) is 0 Å². The second-order valence-corrected chi connectivity index (χ2v) is 18.6. The average Bonchev–Trinajstić information content (AvgIpc) is 3.27. The first-order chi connectivity index (χ1) is 30.5. The van der Waals surface area contributed by atoms with E-state index in [9.17, 15) is 19.8 Å². The van der Waals surface area contributed by atoms with E-state index in [1.165, 1.54) is 193 Å². The number of ether oxygens (including phenoxy) is 1. The molecule has 0 aromatic rings. The lowest BCUT2D eigenvalue weighted by molar-refractivity contribution is -0.143. The number of carbonyl (C=O) groups excluding carboxylic acids is 2. The molecule has 0 spiro atoms. The highest BCUT2D eigenvalue weighted by molar-refractivity contribution is 5.76. The van der Waals surface area contributed by atoms with E-state index in [0.29, 0.717) is 32.3 Å². The van der Waals surface area contributed by atoms with E-state index in [1.54, 1.807) is 0 Å². The summed E-state index contributed by atoms with van der Waals surface area (Å²) in [5.41, 5.74) is 0. The molecule has 2 atom stereocenters. The van der Waals surface area contributed by atoms with Gasteiger partial charge in [-0.05, 0) is 64.2 Å². The number of aliphatic hydroxyl groups excluding tert-OH is 2. The Morgan fingerprint density at radius 3 is 1.32 bits per heavy atom. The summed E-state index contributed by atoms with van der Waals surface area (Å²) in [4.78, 5) is 24.4. The third kappa shape index (κ3) is 47.6. The highest BCUT2D eigenvalue weighted by Gasteiger charge is 2.19. The van der Waals surface area contributed by atoms with Crippen LogP contribution >= 0.6 is 0 Å². The third-order valence-electron chi connectivity index (χ3n) is 12.4. The SMILES string of the molecule is CCCC/C=C\CCCCCCCC(=O)OCCCCCCCC/C=C\C/C=C\CCC(=O)NC(CO)C(O)CCCCCCCCCCCCCCCCCCCCCCC. The van der Waals surface area contributed by atoms with Crippen LogP contribution in [0, 0.1) is 0 Å². The molecule has 0 heterocycles. The molecule has 3 N–H and O–H groups in total. The molecule has 62 heavy (non-hydrogen) atoms. The molecule has 2 unspecified atom stereocenters. The lowest BCUT2D eigenvalue weighted by Gasteiger charge is -2.22. The zero-order chi connectivity index (χ0) is 45.1. The van der Waals surface area contributed by atoms with Gasteiger partial charge < -0.3 is 20.3 Å². The first kappa shape index (κ1) is 60.1. The molecule has 1 amide bonds. The van der Waals surface area contributed by atoms with Crippen molar-refractivity contribution in [2.45, 2.75) is 296 Å². The molecule has 0 fully saturated rings. The van der Waals surface area contributed by atoms with E-state index in [4.69, 9.17) is 4.74 Å². The fourth-order valence-corrected chi connectivity index (χ4v) is 8.20. The maximum atomic E-state index is 12.4. The van der Waals surface area contributed by atoms with E-state index in [-0.39, 0.29) is 18.5 Å². The Labute approximate surface area is 385 Å². The van der Waals surface area contributed by atoms with Gasteiger partial charge in [0.1, 0.15) is 0 Å². The number of aliphatic hydroxyl groups is 2. The maximum Gasteiger partial charge on any atom is 0.305 e. The summed E-state index contributed by atoms with van der Waals surface area (Å²) < 4.78 is 5.43. The molecular weight excluding hydrogens is 767 g/mol. The summed E-state index contributed by atoms with van der Waals surface area (Å²) in [6.07, 6.45) is 62.8. The molecule has 0 radical (unpaired) electrons. The molecule has 6 nitrogen and oxygen atoms in total. The monoisotopic (exact) mass is 872 g/mol. The fourth-order valence-electron chi connectivity index (χ4n) is 8.20. The Morgan fingerprint density at radius 2 is 0.839 bits per heavy atom. The number of nitrogens with one attached hydrogen (secondary N) is 1. The van der Waals surface area contributed by atoms with E-state index in [2.05, 4.69) is 49.5 Å². The predicted molar refractivity (Wildman–Crippen MR) is 269 cm³/mol. The van der Waals surface area contributed by atoms with Gasteiger partial charge >= 0.3 is 5.97 Å². The minimum absolute atomic E-state index is 0.0281. The highest BCUT2D eigenvalue weighted by Crippen LogP contribution is 2.17. The van der Waals surface area contributed by atoms with Gasteiger partial charge in [0.25, 0.3) is 0 Å². The molecule has 0 bridgehead atoms. The highest BCUT2D eigenvalue weighted by atomic mass is 16.5. The number of rotatable bonds is 50. The molecule has 0 aliphatic carbocycles. The second kappa shape index (κ2) is 51.7. The van der Waals surface area contributed by atoms with E-state index in [1.807, 2.05) is 6.08 Å². The summed E-state index contributed by atoms with van der Waals surface area (Å²) >= 11 is 0. The van der Waals surface area contributed by atoms with Crippen LogP contribution in [0.2, 0.25) is 0 Å². The molecule has 0 saturated carbocycles. The van der Waals surface area contributed by atoms with Gasteiger partial charge in [0.15, 0.2) is 0 Å². The summed E-state index contributed by atoms with van der Waals surface area (Å²) in [6.45, 7) is 4.85. The smallest absolute Gasteiger partial charge is 0.305 e. The van der Waals surface area contributed by atoms with Gasteiger partial charge in [0.2, 0.25) is 5.91 Å².